The molecule has 10 aromatic carbocycles. The number of benzene rings is 10. The second kappa shape index (κ2) is 10.4. The standard InChI is InChI=1S/C47H31N/c1-30-17-24-42-41-15-8-16-44-45(26-25-43(47(41)44)40-14-7-13-39(30)46(40)42)48(37-11-3-2-4-12-37)38-23-22-35-28-34(20-21-36(35)29-38)33-19-18-31-9-5-6-10-32(31)27-33/h2-29H,1H3. The van der Waals surface area contributed by atoms with Crippen LogP contribution in [-0.2, 0) is 0 Å². The molecule has 0 N–H and O–H groups in total. The van der Waals surface area contributed by atoms with Crippen molar-refractivity contribution in [3.8, 4) is 11.1 Å². The fraction of sp³-hybridized carbons (Fsp3) is 0.0213. The third kappa shape index (κ3) is 4.04. The molecule has 0 aliphatic heterocycles. The summed E-state index contributed by atoms with van der Waals surface area (Å²) in [6.45, 7) is 2.22. The first kappa shape index (κ1) is 27.0. The molecule has 0 amide bonds. The van der Waals surface area contributed by atoms with Crippen LogP contribution < -0.4 is 4.90 Å². The summed E-state index contributed by atoms with van der Waals surface area (Å²) in [4.78, 5) is 2.42. The highest BCUT2D eigenvalue weighted by Crippen LogP contribution is 2.46. The molecular formula is C47H31N. The Bertz CT molecular complexity index is 2830. The van der Waals surface area contributed by atoms with Gasteiger partial charge in [0.15, 0.2) is 0 Å². The van der Waals surface area contributed by atoms with Crippen LogP contribution in [0.4, 0.5) is 17.1 Å². The quantitative estimate of drug-likeness (QED) is 0.142. The molecule has 10 aromatic rings. The van der Waals surface area contributed by atoms with Crippen LogP contribution in [0.5, 0.6) is 0 Å². The molecule has 1 heteroatoms. The van der Waals surface area contributed by atoms with E-state index in [9.17, 15) is 0 Å². The molecule has 0 radical (unpaired) electrons. The van der Waals surface area contributed by atoms with Crippen molar-refractivity contribution < 1.29 is 0 Å². The van der Waals surface area contributed by atoms with E-state index in [1.54, 1.807) is 0 Å². The smallest absolute Gasteiger partial charge is 0.0540 e. The summed E-state index contributed by atoms with van der Waals surface area (Å²) < 4.78 is 0. The number of anilines is 3. The second-order valence-corrected chi connectivity index (χ2v) is 13.0. The second-order valence-electron chi connectivity index (χ2n) is 13.0. The average Bonchev–Trinajstić information content (AvgIpc) is 3.15. The maximum Gasteiger partial charge on any atom is 0.0540 e. The van der Waals surface area contributed by atoms with Gasteiger partial charge in [0.05, 0.1) is 5.69 Å². The maximum absolute atomic E-state index is 2.42. The zero-order chi connectivity index (χ0) is 31.8. The number of nitrogens with zero attached hydrogens (tertiary/aromatic N) is 1. The zero-order valence-corrected chi connectivity index (χ0v) is 26.6. The van der Waals surface area contributed by atoms with E-state index < -0.39 is 0 Å². The minimum absolute atomic E-state index is 1.14. The summed E-state index contributed by atoms with van der Waals surface area (Å²) in [7, 11) is 0. The predicted octanol–water partition coefficient (Wildman–Crippen LogP) is 13.5. The Hall–Kier alpha value is -6.18. The molecule has 48 heavy (non-hydrogen) atoms. The van der Waals surface area contributed by atoms with Gasteiger partial charge in [-0.3, -0.25) is 0 Å². The van der Waals surface area contributed by atoms with Crippen molar-refractivity contribution in [1.82, 2.24) is 0 Å². The molecule has 0 unspecified atom stereocenters. The molecule has 0 aliphatic rings. The van der Waals surface area contributed by atoms with Crippen molar-refractivity contribution in [3.63, 3.8) is 0 Å². The molecule has 1 nitrogen and oxygen atoms in total. The molecular weight excluding hydrogens is 579 g/mol. The minimum Gasteiger partial charge on any atom is -0.310 e. The van der Waals surface area contributed by atoms with E-state index in [0.717, 1.165) is 11.4 Å². The first-order valence-corrected chi connectivity index (χ1v) is 16.7. The Kier molecular flexibility index (Phi) is 5.86. The molecule has 0 heterocycles. The maximum atomic E-state index is 2.42. The molecule has 10 rings (SSSR count). The van der Waals surface area contributed by atoms with Gasteiger partial charge in [0.25, 0.3) is 0 Å². The summed E-state index contributed by atoms with van der Waals surface area (Å²) >= 11 is 0. The Labute approximate surface area is 279 Å². The topological polar surface area (TPSA) is 3.24 Å². The van der Waals surface area contributed by atoms with Gasteiger partial charge < -0.3 is 4.90 Å². The van der Waals surface area contributed by atoms with Crippen LogP contribution in [0.25, 0.3) is 75.8 Å². The van der Waals surface area contributed by atoms with Crippen LogP contribution in [-0.4, -0.2) is 0 Å². The van der Waals surface area contributed by atoms with E-state index in [-0.39, 0.29) is 0 Å². The Balaban J connectivity index is 1.17. The molecule has 0 spiro atoms. The summed E-state index contributed by atoms with van der Waals surface area (Å²) in [5.74, 6) is 0. The van der Waals surface area contributed by atoms with E-state index in [4.69, 9.17) is 0 Å². The Morgan fingerprint density at radius 2 is 0.875 bits per heavy atom. The van der Waals surface area contributed by atoms with Gasteiger partial charge in [-0.05, 0) is 125 Å². The minimum atomic E-state index is 1.14. The molecule has 0 aromatic heterocycles. The number of aryl methyl sites for hydroxylation is 1. The number of hydrogen-bond donors (Lipinski definition) is 0. The van der Waals surface area contributed by atoms with Crippen LogP contribution in [0.1, 0.15) is 5.56 Å². The highest BCUT2D eigenvalue weighted by molar-refractivity contribution is 6.34. The van der Waals surface area contributed by atoms with Gasteiger partial charge in [-0.15, -0.1) is 0 Å². The molecule has 0 saturated carbocycles. The highest BCUT2D eigenvalue weighted by atomic mass is 15.1. The van der Waals surface area contributed by atoms with E-state index in [2.05, 4.69) is 182 Å². The number of rotatable bonds is 4. The molecule has 0 bridgehead atoms. The Morgan fingerprint density at radius 1 is 0.333 bits per heavy atom. The summed E-state index contributed by atoms with van der Waals surface area (Å²) in [5, 5.41) is 15.5. The van der Waals surface area contributed by atoms with Crippen LogP contribution in [0.3, 0.4) is 0 Å². The number of para-hydroxylation sites is 1. The third-order valence-electron chi connectivity index (χ3n) is 10.3. The van der Waals surface area contributed by atoms with E-state index in [1.165, 1.54) is 87.0 Å². The fourth-order valence-corrected chi connectivity index (χ4v) is 7.96. The molecule has 0 aliphatic carbocycles. The molecule has 224 valence electrons. The van der Waals surface area contributed by atoms with Crippen LogP contribution in [0.15, 0.2) is 170 Å². The molecule has 0 saturated heterocycles. The summed E-state index contributed by atoms with van der Waals surface area (Å²) in [6.07, 6.45) is 0. The van der Waals surface area contributed by atoms with Gasteiger partial charge >= 0.3 is 0 Å². The van der Waals surface area contributed by atoms with Gasteiger partial charge in [-0.2, -0.15) is 0 Å². The first-order valence-electron chi connectivity index (χ1n) is 16.7. The number of fused-ring (bicyclic) bond motifs is 4. The lowest BCUT2D eigenvalue weighted by atomic mass is 9.88. The van der Waals surface area contributed by atoms with Crippen molar-refractivity contribution in [2.24, 2.45) is 0 Å². The van der Waals surface area contributed by atoms with Crippen molar-refractivity contribution >= 4 is 81.7 Å². The SMILES string of the molecule is Cc1ccc2c3cccc4c(N(c5ccccc5)c5ccc6cc(-c7ccc8ccccc8c7)ccc6c5)ccc(c5cccc1c25)c43. The zero-order valence-electron chi connectivity index (χ0n) is 26.6. The summed E-state index contributed by atoms with van der Waals surface area (Å²) in [5.41, 5.74) is 7.24. The predicted molar refractivity (Wildman–Crippen MR) is 208 cm³/mol. The van der Waals surface area contributed by atoms with Gasteiger partial charge in [0, 0.05) is 16.8 Å². The van der Waals surface area contributed by atoms with Crippen LogP contribution in [0, 0.1) is 6.92 Å². The van der Waals surface area contributed by atoms with Gasteiger partial charge in [0.1, 0.15) is 0 Å². The summed E-state index contributed by atoms with van der Waals surface area (Å²) in [6, 6.07) is 62.6. The number of hydrogen-bond acceptors (Lipinski definition) is 1. The van der Waals surface area contributed by atoms with Crippen molar-refractivity contribution in [3.05, 3.63) is 175 Å². The van der Waals surface area contributed by atoms with E-state index in [0.29, 0.717) is 0 Å². The molecule has 0 atom stereocenters. The van der Waals surface area contributed by atoms with Crippen molar-refractivity contribution in [2.45, 2.75) is 6.92 Å². The van der Waals surface area contributed by atoms with Crippen molar-refractivity contribution in [1.29, 1.82) is 0 Å². The molecule has 0 fully saturated rings. The van der Waals surface area contributed by atoms with Gasteiger partial charge in [-0.25, -0.2) is 0 Å². The van der Waals surface area contributed by atoms with Gasteiger partial charge in [-0.1, -0.05) is 127 Å². The lowest BCUT2D eigenvalue weighted by Crippen LogP contribution is -2.10. The average molecular weight is 610 g/mol. The largest absolute Gasteiger partial charge is 0.310 e. The normalized spacial score (nSPS) is 11.9. The lowest BCUT2D eigenvalue weighted by Gasteiger charge is -2.28. The van der Waals surface area contributed by atoms with Crippen LogP contribution in [0.2, 0.25) is 0 Å². The van der Waals surface area contributed by atoms with Crippen LogP contribution >= 0.6 is 0 Å². The Morgan fingerprint density at radius 3 is 1.65 bits per heavy atom. The monoisotopic (exact) mass is 609 g/mol. The lowest BCUT2D eigenvalue weighted by molar-refractivity contribution is 1.31. The highest BCUT2D eigenvalue weighted by Gasteiger charge is 2.20. The first-order chi connectivity index (χ1) is 23.7. The third-order valence-corrected chi connectivity index (χ3v) is 10.3. The fourth-order valence-electron chi connectivity index (χ4n) is 7.96. The van der Waals surface area contributed by atoms with Gasteiger partial charge in [0.2, 0.25) is 0 Å². The van der Waals surface area contributed by atoms with Crippen molar-refractivity contribution in [2.75, 3.05) is 4.90 Å². The van der Waals surface area contributed by atoms with E-state index >= 15 is 0 Å². The van der Waals surface area contributed by atoms with E-state index in [1.807, 2.05) is 0 Å².